The summed E-state index contributed by atoms with van der Waals surface area (Å²) in [6.07, 6.45) is 6.12. The summed E-state index contributed by atoms with van der Waals surface area (Å²) < 4.78 is 7.21. The molecule has 1 atom stereocenters. The van der Waals surface area contributed by atoms with Gasteiger partial charge in [0.15, 0.2) is 0 Å². The maximum atomic E-state index is 12.6. The van der Waals surface area contributed by atoms with Crippen LogP contribution < -0.4 is 0 Å². The molecule has 2 aliphatic rings. The van der Waals surface area contributed by atoms with Crippen LogP contribution in [0.5, 0.6) is 0 Å². The highest BCUT2D eigenvalue weighted by Crippen LogP contribution is 2.47. The Balaban J connectivity index is 1.28. The van der Waals surface area contributed by atoms with Crippen LogP contribution in [0.2, 0.25) is 0 Å². The van der Waals surface area contributed by atoms with Crippen LogP contribution >= 0.6 is 0 Å². The minimum Gasteiger partial charge on any atom is -0.337 e. The van der Waals surface area contributed by atoms with Crippen LogP contribution in [0.3, 0.4) is 0 Å². The lowest BCUT2D eigenvalue weighted by atomic mass is 9.77. The Bertz CT molecular complexity index is 1010. The van der Waals surface area contributed by atoms with Crippen LogP contribution in [0, 0.1) is 5.41 Å². The number of hydrogen-bond donors (Lipinski definition) is 0. The average Bonchev–Trinajstić information content (AvgIpc) is 3.39. The molecular formula is C19H21N7O2. The number of pyridine rings is 1. The van der Waals surface area contributed by atoms with Crippen molar-refractivity contribution in [1.29, 1.82) is 0 Å². The molecule has 2 aliphatic heterocycles. The van der Waals surface area contributed by atoms with Crippen molar-refractivity contribution in [3.8, 4) is 11.4 Å². The van der Waals surface area contributed by atoms with Crippen molar-refractivity contribution < 1.29 is 9.32 Å². The second-order valence-corrected chi connectivity index (χ2v) is 7.87. The van der Waals surface area contributed by atoms with Crippen molar-refractivity contribution in [2.45, 2.75) is 12.5 Å². The molecule has 3 aromatic heterocycles. The first kappa shape index (κ1) is 17.1. The standard InChI is InChI=1S/C19H21N7O2/c1-24-10-19(11-26(12-19)18(27)14-5-7-25(2)22-14)8-15(24)17-21-16(23-28-17)13-4-3-6-20-9-13/h3-7,9,15H,8,10-12H2,1-2H3. The molecule has 0 saturated carbocycles. The topological polar surface area (TPSA) is 93.2 Å². The summed E-state index contributed by atoms with van der Waals surface area (Å²) in [6.45, 7) is 2.36. The number of aromatic nitrogens is 5. The highest BCUT2D eigenvalue weighted by Gasteiger charge is 2.53. The summed E-state index contributed by atoms with van der Waals surface area (Å²) in [4.78, 5) is 25.4. The van der Waals surface area contributed by atoms with E-state index in [0.717, 1.165) is 31.6 Å². The Morgan fingerprint density at radius 3 is 2.82 bits per heavy atom. The zero-order valence-corrected chi connectivity index (χ0v) is 15.8. The van der Waals surface area contributed by atoms with Crippen molar-refractivity contribution in [1.82, 2.24) is 34.7 Å². The van der Waals surface area contributed by atoms with Gasteiger partial charge in [0, 0.05) is 56.3 Å². The molecule has 0 aromatic carbocycles. The minimum atomic E-state index is -0.00557. The molecule has 1 amide bonds. The molecule has 0 bridgehead atoms. The van der Waals surface area contributed by atoms with Gasteiger partial charge in [-0.05, 0) is 31.7 Å². The summed E-state index contributed by atoms with van der Waals surface area (Å²) in [5.41, 5.74) is 1.41. The Morgan fingerprint density at radius 1 is 1.25 bits per heavy atom. The van der Waals surface area contributed by atoms with Gasteiger partial charge < -0.3 is 9.42 Å². The third-order valence-corrected chi connectivity index (χ3v) is 5.66. The molecule has 0 radical (unpaired) electrons. The molecule has 9 nitrogen and oxygen atoms in total. The fraction of sp³-hybridized carbons (Fsp3) is 0.421. The average molecular weight is 379 g/mol. The zero-order chi connectivity index (χ0) is 19.3. The normalized spacial score (nSPS) is 21.2. The number of rotatable bonds is 3. The maximum absolute atomic E-state index is 12.6. The highest BCUT2D eigenvalue weighted by molar-refractivity contribution is 5.92. The van der Waals surface area contributed by atoms with Gasteiger partial charge in [-0.15, -0.1) is 0 Å². The van der Waals surface area contributed by atoms with Crippen molar-refractivity contribution in [3.05, 3.63) is 48.4 Å². The van der Waals surface area contributed by atoms with Crippen LogP contribution in [-0.2, 0) is 7.05 Å². The SMILES string of the molecule is CN1CC2(CC1c1nc(-c3cccnc3)no1)CN(C(=O)c1ccn(C)n1)C2. The molecule has 2 saturated heterocycles. The van der Waals surface area contributed by atoms with Gasteiger partial charge in [-0.1, -0.05) is 5.16 Å². The second kappa shape index (κ2) is 6.23. The predicted octanol–water partition coefficient (Wildman–Crippen LogP) is 1.38. The van der Waals surface area contributed by atoms with Gasteiger partial charge >= 0.3 is 0 Å². The quantitative estimate of drug-likeness (QED) is 0.679. The predicted molar refractivity (Wildman–Crippen MR) is 99.1 cm³/mol. The molecule has 9 heteroatoms. The summed E-state index contributed by atoms with van der Waals surface area (Å²) in [6, 6.07) is 5.58. The van der Waals surface area contributed by atoms with Gasteiger partial charge in [0.1, 0.15) is 5.69 Å². The van der Waals surface area contributed by atoms with Crippen molar-refractivity contribution in [3.63, 3.8) is 0 Å². The molecule has 144 valence electrons. The number of carbonyl (C=O) groups excluding carboxylic acids is 1. The van der Waals surface area contributed by atoms with E-state index < -0.39 is 0 Å². The van der Waals surface area contributed by atoms with Crippen molar-refractivity contribution >= 4 is 5.91 Å². The number of aryl methyl sites for hydroxylation is 1. The van der Waals surface area contributed by atoms with Crippen LogP contribution in [0.4, 0.5) is 0 Å². The monoisotopic (exact) mass is 379 g/mol. The first-order chi connectivity index (χ1) is 13.5. The van der Waals surface area contributed by atoms with E-state index in [2.05, 4.69) is 32.2 Å². The van der Waals surface area contributed by atoms with Crippen molar-refractivity contribution in [2.24, 2.45) is 12.5 Å². The van der Waals surface area contributed by atoms with E-state index in [9.17, 15) is 4.79 Å². The Hall–Kier alpha value is -3.07. The number of likely N-dealkylation sites (tertiary alicyclic amines) is 2. The van der Waals surface area contributed by atoms with Crippen LogP contribution in [0.25, 0.3) is 11.4 Å². The first-order valence-corrected chi connectivity index (χ1v) is 9.26. The Morgan fingerprint density at radius 2 is 2.11 bits per heavy atom. The van der Waals surface area contributed by atoms with Gasteiger partial charge in [0.05, 0.1) is 6.04 Å². The first-order valence-electron chi connectivity index (χ1n) is 9.26. The van der Waals surface area contributed by atoms with E-state index in [1.165, 1.54) is 0 Å². The van der Waals surface area contributed by atoms with E-state index in [1.54, 1.807) is 29.3 Å². The molecule has 28 heavy (non-hydrogen) atoms. The fourth-order valence-electron chi connectivity index (χ4n) is 4.36. The minimum absolute atomic E-state index is 0.00557. The van der Waals surface area contributed by atoms with Gasteiger partial charge in [0.2, 0.25) is 11.7 Å². The van der Waals surface area contributed by atoms with E-state index in [0.29, 0.717) is 17.4 Å². The Kier molecular flexibility index (Phi) is 3.80. The van der Waals surface area contributed by atoms with E-state index in [4.69, 9.17) is 4.52 Å². The van der Waals surface area contributed by atoms with Gasteiger partial charge in [-0.25, -0.2) is 0 Å². The van der Waals surface area contributed by atoms with Gasteiger partial charge in [-0.3, -0.25) is 19.4 Å². The Labute approximate surface area is 162 Å². The highest BCUT2D eigenvalue weighted by atomic mass is 16.5. The number of hydrogen-bond acceptors (Lipinski definition) is 7. The molecule has 1 unspecified atom stereocenters. The van der Waals surface area contributed by atoms with Gasteiger partial charge in [-0.2, -0.15) is 10.1 Å². The third-order valence-electron chi connectivity index (χ3n) is 5.66. The smallest absolute Gasteiger partial charge is 0.274 e. The molecule has 0 N–H and O–H groups in total. The van der Waals surface area contributed by atoms with E-state index >= 15 is 0 Å². The maximum Gasteiger partial charge on any atom is 0.274 e. The molecule has 0 aliphatic carbocycles. The number of nitrogens with zero attached hydrogens (tertiary/aromatic N) is 7. The molecule has 5 heterocycles. The molecule has 5 rings (SSSR count). The van der Waals surface area contributed by atoms with Crippen molar-refractivity contribution in [2.75, 3.05) is 26.7 Å². The summed E-state index contributed by atoms with van der Waals surface area (Å²) in [7, 11) is 3.88. The van der Waals surface area contributed by atoms with Crippen LogP contribution in [0.1, 0.15) is 28.8 Å². The molecule has 3 aromatic rings. The molecular weight excluding hydrogens is 358 g/mol. The van der Waals surface area contributed by atoms with Crippen LogP contribution in [-0.4, -0.2) is 67.3 Å². The lowest BCUT2D eigenvalue weighted by Crippen LogP contribution is -2.59. The van der Waals surface area contributed by atoms with Gasteiger partial charge in [0.25, 0.3) is 5.91 Å². The zero-order valence-electron chi connectivity index (χ0n) is 15.8. The summed E-state index contributed by atoms with van der Waals surface area (Å²) in [5.74, 6) is 1.17. The lowest BCUT2D eigenvalue weighted by Gasteiger charge is -2.47. The summed E-state index contributed by atoms with van der Waals surface area (Å²) in [5, 5.41) is 8.33. The number of amides is 1. The molecule has 1 spiro atoms. The summed E-state index contributed by atoms with van der Waals surface area (Å²) >= 11 is 0. The van der Waals surface area contributed by atoms with Crippen LogP contribution in [0.15, 0.2) is 41.3 Å². The third kappa shape index (κ3) is 2.78. The van der Waals surface area contributed by atoms with E-state index in [1.807, 2.05) is 24.1 Å². The lowest BCUT2D eigenvalue weighted by molar-refractivity contribution is 0.0109. The number of carbonyl (C=O) groups is 1. The fourth-order valence-corrected chi connectivity index (χ4v) is 4.36. The molecule has 2 fully saturated rings. The largest absolute Gasteiger partial charge is 0.337 e. The van der Waals surface area contributed by atoms with E-state index in [-0.39, 0.29) is 17.4 Å². The second-order valence-electron chi connectivity index (χ2n) is 7.87.